The Kier molecular flexibility index (Phi) is 4.89. The van der Waals surface area contributed by atoms with Gasteiger partial charge >= 0.3 is 5.69 Å². The number of Topliss-reactive ketones (excluding diaryl/α,β-unsaturated/α-hetero) is 1. The molecule has 0 radical (unpaired) electrons. The first kappa shape index (κ1) is 17.1. The van der Waals surface area contributed by atoms with E-state index in [-0.39, 0.29) is 0 Å². The quantitative estimate of drug-likeness (QED) is 0.679. The van der Waals surface area contributed by atoms with Crippen molar-refractivity contribution < 1.29 is 9.59 Å². The highest BCUT2D eigenvalue weighted by Crippen LogP contribution is 2.11. The third-order valence-electron chi connectivity index (χ3n) is 3.74. The number of nitrogens with one attached hydrogen (secondary N) is 2. The van der Waals surface area contributed by atoms with Crippen LogP contribution in [0.15, 0.2) is 82.5 Å². The van der Waals surface area contributed by atoms with E-state index in [2.05, 4.69) is 10.3 Å². The van der Waals surface area contributed by atoms with Crippen molar-refractivity contribution in [3.63, 3.8) is 0 Å². The molecule has 0 unspecified atom stereocenters. The monoisotopic (exact) mass is 349 g/mol. The van der Waals surface area contributed by atoms with Crippen LogP contribution in [0, 0.1) is 0 Å². The van der Waals surface area contributed by atoms with Crippen LogP contribution in [-0.4, -0.2) is 21.2 Å². The van der Waals surface area contributed by atoms with Crippen LogP contribution in [0.5, 0.6) is 0 Å². The third kappa shape index (κ3) is 3.67. The van der Waals surface area contributed by atoms with Gasteiger partial charge in [-0.05, 0) is 12.1 Å². The van der Waals surface area contributed by atoms with Gasteiger partial charge in [0.2, 0.25) is 5.78 Å². The van der Waals surface area contributed by atoms with E-state index in [4.69, 9.17) is 0 Å². The molecule has 26 heavy (non-hydrogen) atoms. The zero-order valence-corrected chi connectivity index (χ0v) is 13.6. The smallest absolute Gasteiger partial charge is 0.325 e. The van der Waals surface area contributed by atoms with E-state index in [0.717, 1.165) is 10.6 Å². The molecule has 0 aliphatic carbocycles. The maximum Gasteiger partial charge on any atom is 0.330 e. The lowest BCUT2D eigenvalue weighted by Gasteiger charge is -2.20. The molecule has 3 aromatic rings. The Labute approximate surface area is 147 Å². The zero-order valence-electron chi connectivity index (χ0n) is 13.6. The molecule has 0 aliphatic rings. The molecule has 0 aliphatic heterocycles. The van der Waals surface area contributed by atoms with Crippen LogP contribution in [-0.2, 0) is 0 Å². The number of carbonyl (C=O) groups excluding carboxylic acids is 2. The fraction of sp³-hybridized carbons (Fsp3) is 0.0526. The first-order valence-electron chi connectivity index (χ1n) is 7.83. The Morgan fingerprint density at radius 1 is 0.846 bits per heavy atom. The minimum absolute atomic E-state index is 0.323. The number of H-pyrrole nitrogens is 1. The number of carbonyl (C=O) groups is 2. The summed E-state index contributed by atoms with van der Waals surface area (Å²) >= 11 is 0. The van der Waals surface area contributed by atoms with Crippen molar-refractivity contribution in [2.75, 3.05) is 0 Å². The Hall–Kier alpha value is -3.74. The van der Waals surface area contributed by atoms with E-state index in [9.17, 15) is 19.2 Å². The SMILES string of the molecule is O=C(N[C@@H](C(=O)c1ccccc1)n1ccc(=O)[nH]c1=O)c1ccccc1. The van der Waals surface area contributed by atoms with Crippen LogP contribution in [0.2, 0.25) is 0 Å². The first-order valence-corrected chi connectivity index (χ1v) is 7.83. The summed E-state index contributed by atoms with van der Waals surface area (Å²) in [7, 11) is 0. The number of aromatic amines is 1. The van der Waals surface area contributed by atoms with Gasteiger partial charge in [-0.1, -0.05) is 48.5 Å². The molecule has 0 fully saturated rings. The molecule has 0 spiro atoms. The molecule has 0 saturated carbocycles. The van der Waals surface area contributed by atoms with Crippen LogP contribution < -0.4 is 16.6 Å². The molecule has 7 heteroatoms. The molecule has 1 atom stereocenters. The molecule has 0 bridgehead atoms. The molecule has 1 heterocycles. The molecular weight excluding hydrogens is 334 g/mol. The summed E-state index contributed by atoms with van der Waals surface area (Å²) in [5, 5.41) is 2.56. The summed E-state index contributed by atoms with van der Waals surface area (Å²) in [5.41, 5.74) is -0.716. The van der Waals surface area contributed by atoms with E-state index >= 15 is 0 Å². The Morgan fingerprint density at radius 3 is 2.00 bits per heavy atom. The van der Waals surface area contributed by atoms with Gasteiger partial charge in [-0.25, -0.2) is 4.79 Å². The van der Waals surface area contributed by atoms with Gasteiger partial charge in [0.1, 0.15) is 0 Å². The number of ketones is 1. The van der Waals surface area contributed by atoms with Crippen molar-refractivity contribution >= 4 is 11.7 Å². The Bertz CT molecular complexity index is 1040. The Balaban J connectivity index is 2.01. The average molecular weight is 349 g/mol. The normalized spacial score (nSPS) is 11.5. The number of hydrogen-bond donors (Lipinski definition) is 2. The highest BCUT2D eigenvalue weighted by atomic mass is 16.2. The Morgan fingerprint density at radius 2 is 1.42 bits per heavy atom. The van der Waals surface area contributed by atoms with E-state index in [1.807, 2.05) is 0 Å². The lowest BCUT2D eigenvalue weighted by molar-refractivity contribution is 0.0812. The maximum atomic E-state index is 12.9. The van der Waals surface area contributed by atoms with Gasteiger partial charge in [0.25, 0.3) is 11.5 Å². The minimum atomic E-state index is -1.30. The molecule has 2 N–H and O–H groups in total. The van der Waals surface area contributed by atoms with Gasteiger partial charge in [-0.2, -0.15) is 0 Å². The fourth-order valence-electron chi connectivity index (χ4n) is 2.45. The highest BCUT2D eigenvalue weighted by Gasteiger charge is 2.25. The molecule has 1 aromatic heterocycles. The number of nitrogens with zero attached hydrogens (tertiary/aromatic N) is 1. The van der Waals surface area contributed by atoms with Gasteiger partial charge in [0.15, 0.2) is 6.17 Å². The van der Waals surface area contributed by atoms with Gasteiger partial charge in [-0.3, -0.25) is 23.9 Å². The first-order chi connectivity index (χ1) is 12.6. The van der Waals surface area contributed by atoms with E-state index in [1.165, 1.54) is 6.20 Å². The van der Waals surface area contributed by atoms with Gasteiger partial charge < -0.3 is 5.32 Å². The van der Waals surface area contributed by atoms with Gasteiger partial charge in [-0.15, -0.1) is 0 Å². The van der Waals surface area contributed by atoms with Crippen LogP contribution in [0.1, 0.15) is 26.9 Å². The lowest BCUT2D eigenvalue weighted by Crippen LogP contribution is -2.44. The summed E-state index contributed by atoms with van der Waals surface area (Å²) < 4.78 is 0.984. The summed E-state index contributed by atoms with van der Waals surface area (Å²) in [5.74, 6) is -0.998. The van der Waals surface area contributed by atoms with Crippen LogP contribution in [0.4, 0.5) is 0 Å². The van der Waals surface area contributed by atoms with Crippen molar-refractivity contribution in [2.24, 2.45) is 0 Å². The highest BCUT2D eigenvalue weighted by molar-refractivity contribution is 6.03. The molecule has 1 amide bonds. The zero-order chi connectivity index (χ0) is 18.5. The number of amides is 1. The summed E-state index contributed by atoms with van der Waals surface area (Å²) in [6.07, 6.45) is -0.118. The van der Waals surface area contributed by atoms with Crippen LogP contribution >= 0.6 is 0 Å². The summed E-state index contributed by atoms with van der Waals surface area (Å²) in [6.45, 7) is 0. The molecule has 7 nitrogen and oxygen atoms in total. The molecule has 2 aromatic carbocycles. The van der Waals surface area contributed by atoms with Crippen molar-refractivity contribution in [1.29, 1.82) is 0 Å². The number of hydrogen-bond acceptors (Lipinski definition) is 4. The second-order valence-corrected chi connectivity index (χ2v) is 5.49. The van der Waals surface area contributed by atoms with Crippen molar-refractivity contribution in [2.45, 2.75) is 6.17 Å². The third-order valence-corrected chi connectivity index (χ3v) is 3.74. The number of aromatic nitrogens is 2. The minimum Gasteiger partial charge on any atom is -0.325 e. The van der Waals surface area contributed by atoms with Crippen molar-refractivity contribution in [1.82, 2.24) is 14.9 Å². The number of benzene rings is 2. The molecule has 0 saturated heterocycles. The van der Waals surface area contributed by atoms with E-state index < -0.39 is 29.1 Å². The maximum absolute atomic E-state index is 12.9. The van der Waals surface area contributed by atoms with E-state index in [1.54, 1.807) is 60.7 Å². The van der Waals surface area contributed by atoms with E-state index in [0.29, 0.717) is 11.1 Å². The standard InChI is InChI=1S/C19H15N3O4/c23-15-11-12-22(19(26)20-15)17(16(24)13-7-3-1-4-8-13)21-18(25)14-9-5-2-6-10-14/h1-12,17H,(H,21,25)(H,20,23,26)/t17-/m1/s1. The second kappa shape index (κ2) is 7.43. The van der Waals surface area contributed by atoms with Crippen molar-refractivity contribution in [3.8, 4) is 0 Å². The van der Waals surface area contributed by atoms with Crippen molar-refractivity contribution in [3.05, 3.63) is 105 Å². The van der Waals surface area contributed by atoms with Gasteiger partial charge in [0.05, 0.1) is 0 Å². The average Bonchev–Trinajstić information content (AvgIpc) is 2.67. The topological polar surface area (TPSA) is 101 Å². The van der Waals surface area contributed by atoms with Crippen LogP contribution in [0.3, 0.4) is 0 Å². The summed E-state index contributed by atoms with van der Waals surface area (Å²) in [4.78, 5) is 50.9. The summed E-state index contributed by atoms with van der Waals surface area (Å²) in [6, 6.07) is 17.7. The lowest BCUT2D eigenvalue weighted by atomic mass is 10.1. The largest absolute Gasteiger partial charge is 0.330 e. The van der Waals surface area contributed by atoms with Gasteiger partial charge in [0, 0.05) is 23.4 Å². The second-order valence-electron chi connectivity index (χ2n) is 5.49. The predicted molar refractivity (Wildman–Crippen MR) is 95.0 cm³/mol. The molecule has 3 rings (SSSR count). The molecule has 130 valence electrons. The fourth-order valence-corrected chi connectivity index (χ4v) is 2.45. The van der Waals surface area contributed by atoms with Crippen LogP contribution in [0.25, 0.3) is 0 Å². The number of rotatable bonds is 5. The molecular formula is C19H15N3O4. The predicted octanol–water partition coefficient (Wildman–Crippen LogP) is 1.35.